The van der Waals surface area contributed by atoms with Gasteiger partial charge in [-0.25, -0.2) is 4.79 Å². The molecular formula is C17H23BrO3. The molecule has 0 amide bonds. The number of epoxide rings is 1. The lowest BCUT2D eigenvalue weighted by Gasteiger charge is -2.20. The molecule has 1 aromatic rings. The molecule has 4 heteroatoms. The van der Waals surface area contributed by atoms with Gasteiger partial charge in [-0.15, -0.1) is 0 Å². The first-order valence-electron chi connectivity index (χ1n) is 7.65. The van der Waals surface area contributed by atoms with E-state index in [1.165, 1.54) is 5.56 Å². The maximum Gasteiger partial charge on any atom is 0.340 e. The first-order chi connectivity index (χ1) is 10.1. The molecule has 0 aliphatic carbocycles. The van der Waals surface area contributed by atoms with Crippen LogP contribution in [0, 0.1) is 5.92 Å². The first kappa shape index (κ1) is 16.5. The number of rotatable bonds is 8. The molecule has 1 heterocycles. The van der Waals surface area contributed by atoms with Crippen molar-refractivity contribution in [2.45, 2.75) is 45.1 Å². The van der Waals surface area contributed by atoms with Gasteiger partial charge >= 0.3 is 5.97 Å². The van der Waals surface area contributed by atoms with Crippen molar-refractivity contribution in [1.29, 1.82) is 0 Å². The average molecular weight is 355 g/mol. The summed E-state index contributed by atoms with van der Waals surface area (Å²) in [5, 5.41) is 0. The maximum absolute atomic E-state index is 12.0. The van der Waals surface area contributed by atoms with Crippen molar-refractivity contribution in [2.75, 3.05) is 13.2 Å². The van der Waals surface area contributed by atoms with Gasteiger partial charge in [0.15, 0.2) is 5.60 Å². The van der Waals surface area contributed by atoms with Crippen molar-refractivity contribution < 1.29 is 14.3 Å². The maximum atomic E-state index is 12.0. The zero-order chi connectivity index (χ0) is 15.3. The molecule has 1 saturated heterocycles. The lowest BCUT2D eigenvalue weighted by Crippen LogP contribution is -2.30. The quantitative estimate of drug-likeness (QED) is 0.520. The number of esters is 1. The van der Waals surface area contributed by atoms with Crippen LogP contribution in [-0.4, -0.2) is 24.8 Å². The molecule has 0 radical (unpaired) electrons. The Balaban J connectivity index is 1.99. The Labute approximate surface area is 135 Å². The van der Waals surface area contributed by atoms with Crippen LogP contribution in [0.5, 0.6) is 0 Å². The van der Waals surface area contributed by atoms with E-state index in [1.807, 2.05) is 6.92 Å². The fraction of sp³-hybridized carbons (Fsp3) is 0.588. The highest BCUT2D eigenvalue weighted by Crippen LogP contribution is 2.38. The Bertz CT molecular complexity index is 465. The van der Waals surface area contributed by atoms with Crippen LogP contribution in [0.25, 0.3) is 0 Å². The normalized spacial score (nSPS) is 21.9. The van der Waals surface area contributed by atoms with Crippen LogP contribution in [0.3, 0.4) is 0 Å². The summed E-state index contributed by atoms with van der Waals surface area (Å²) in [6, 6.07) is 8.40. The fourth-order valence-corrected chi connectivity index (χ4v) is 3.04. The molecule has 3 nitrogen and oxygen atoms in total. The Hall–Kier alpha value is -0.870. The van der Waals surface area contributed by atoms with Crippen LogP contribution in [-0.2, 0) is 20.7 Å². The fourth-order valence-electron chi connectivity index (χ4n) is 2.77. The molecule has 1 aliphatic heterocycles. The third-order valence-corrected chi connectivity index (χ3v) is 4.42. The highest BCUT2D eigenvalue weighted by molar-refractivity contribution is 9.10. The topological polar surface area (TPSA) is 38.8 Å². The number of ether oxygens (including phenoxy) is 2. The lowest BCUT2D eigenvalue weighted by molar-refractivity contribution is -0.150. The Morgan fingerprint density at radius 1 is 1.38 bits per heavy atom. The van der Waals surface area contributed by atoms with E-state index in [4.69, 9.17) is 9.47 Å². The third-order valence-electron chi connectivity index (χ3n) is 3.89. The van der Waals surface area contributed by atoms with Gasteiger partial charge in [0.25, 0.3) is 0 Å². The van der Waals surface area contributed by atoms with E-state index >= 15 is 0 Å². The van der Waals surface area contributed by atoms with Gasteiger partial charge in [0.2, 0.25) is 0 Å². The summed E-state index contributed by atoms with van der Waals surface area (Å²) >= 11 is 3.46. The molecule has 0 aromatic heterocycles. The molecule has 116 valence electrons. The minimum atomic E-state index is -0.661. The summed E-state index contributed by atoms with van der Waals surface area (Å²) in [5.41, 5.74) is 0.641. The largest absolute Gasteiger partial charge is 0.464 e. The van der Waals surface area contributed by atoms with Crippen molar-refractivity contribution in [3.8, 4) is 0 Å². The molecule has 0 saturated carbocycles. The highest BCUT2D eigenvalue weighted by atomic mass is 79.9. The molecule has 1 fully saturated rings. The van der Waals surface area contributed by atoms with Gasteiger partial charge < -0.3 is 9.47 Å². The van der Waals surface area contributed by atoms with E-state index < -0.39 is 5.60 Å². The van der Waals surface area contributed by atoms with Gasteiger partial charge in [0.1, 0.15) is 0 Å². The molecule has 2 rings (SSSR count). The predicted molar refractivity (Wildman–Crippen MR) is 86.2 cm³/mol. The second-order valence-electron chi connectivity index (χ2n) is 5.69. The van der Waals surface area contributed by atoms with Crippen molar-refractivity contribution >= 4 is 21.9 Å². The number of carbonyl (C=O) groups is 1. The van der Waals surface area contributed by atoms with Crippen molar-refractivity contribution in [1.82, 2.24) is 0 Å². The van der Waals surface area contributed by atoms with Crippen LogP contribution in [0.1, 0.15) is 38.7 Å². The first-order valence-corrected chi connectivity index (χ1v) is 8.44. The van der Waals surface area contributed by atoms with Crippen molar-refractivity contribution in [3.05, 3.63) is 34.3 Å². The van der Waals surface area contributed by atoms with Gasteiger partial charge in [-0.2, -0.15) is 0 Å². The predicted octanol–water partition coefficient (Wildman–Crippen LogP) is 4.13. The number of carbonyl (C=O) groups excluding carboxylic acids is 1. The van der Waals surface area contributed by atoms with Crippen molar-refractivity contribution in [2.24, 2.45) is 5.92 Å². The Kier molecular flexibility index (Phi) is 5.82. The second kappa shape index (κ2) is 7.41. The van der Waals surface area contributed by atoms with E-state index in [2.05, 4.69) is 47.1 Å². The summed E-state index contributed by atoms with van der Waals surface area (Å²) in [6.45, 7) is 4.93. The summed E-state index contributed by atoms with van der Waals surface area (Å²) in [6.07, 6.45) is 3.95. The molecule has 0 N–H and O–H groups in total. The van der Waals surface area contributed by atoms with Crippen LogP contribution in [0.4, 0.5) is 0 Å². The summed E-state index contributed by atoms with van der Waals surface area (Å²) < 4.78 is 11.7. The molecule has 0 spiro atoms. The standard InChI is InChI=1S/C17H23BrO3/c1-3-5-14(10-13-6-8-15(18)9-7-13)11-17(12-21-17)16(19)20-4-2/h6-9,14H,3-5,10-12H2,1-2H3. The van der Waals surface area contributed by atoms with Crippen LogP contribution in [0.15, 0.2) is 28.7 Å². The number of halogens is 1. The summed E-state index contributed by atoms with van der Waals surface area (Å²) in [7, 11) is 0. The SMILES string of the molecule is CCCC(Cc1ccc(Br)cc1)CC1(C(=O)OCC)CO1. The van der Waals surface area contributed by atoms with Gasteiger partial charge in [0.05, 0.1) is 13.2 Å². The second-order valence-corrected chi connectivity index (χ2v) is 6.61. The molecule has 1 aliphatic rings. The van der Waals surface area contributed by atoms with Gasteiger partial charge in [-0.3, -0.25) is 0 Å². The van der Waals surface area contributed by atoms with E-state index in [0.717, 1.165) is 30.2 Å². The number of hydrogen-bond donors (Lipinski definition) is 0. The smallest absolute Gasteiger partial charge is 0.340 e. The van der Waals surface area contributed by atoms with E-state index in [9.17, 15) is 4.79 Å². The van der Waals surface area contributed by atoms with Crippen LogP contribution in [0.2, 0.25) is 0 Å². The molecule has 2 atom stereocenters. The third kappa shape index (κ3) is 4.55. The minimum absolute atomic E-state index is 0.193. The Morgan fingerprint density at radius 3 is 2.57 bits per heavy atom. The highest BCUT2D eigenvalue weighted by Gasteiger charge is 2.54. The molecule has 2 unspecified atom stereocenters. The van der Waals surface area contributed by atoms with Gasteiger partial charge in [0, 0.05) is 4.47 Å². The van der Waals surface area contributed by atoms with Crippen LogP contribution >= 0.6 is 15.9 Å². The lowest BCUT2D eigenvalue weighted by atomic mass is 9.86. The van der Waals surface area contributed by atoms with Crippen molar-refractivity contribution in [3.63, 3.8) is 0 Å². The number of benzene rings is 1. The van der Waals surface area contributed by atoms with E-state index in [1.54, 1.807) is 0 Å². The summed E-state index contributed by atoms with van der Waals surface area (Å²) in [5.74, 6) is 0.255. The Morgan fingerprint density at radius 2 is 2.05 bits per heavy atom. The molecular weight excluding hydrogens is 332 g/mol. The monoisotopic (exact) mass is 354 g/mol. The van der Waals surface area contributed by atoms with Crippen LogP contribution < -0.4 is 0 Å². The zero-order valence-corrected chi connectivity index (χ0v) is 14.3. The summed E-state index contributed by atoms with van der Waals surface area (Å²) in [4.78, 5) is 12.0. The zero-order valence-electron chi connectivity index (χ0n) is 12.7. The van der Waals surface area contributed by atoms with Gasteiger partial charge in [-0.1, -0.05) is 47.8 Å². The minimum Gasteiger partial charge on any atom is -0.464 e. The molecule has 1 aromatic carbocycles. The molecule has 21 heavy (non-hydrogen) atoms. The molecule has 0 bridgehead atoms. The van der Waals surface area contributed by atoms with Gasteiger partial charge in [-0.05, 0) is 43.4 Å². The van der Waals surface area contributed by atoms with E-state index in [0.29, 0.717) is 19.1 Å². The average Bonchev–Trinajstić information content (AvgIpc) is 3.23. The number of hydrogen-bond acceptors (Lipinski definition) is 3. The van der Waals surface area contributed by atoms with E-state index in [-0.39, 0.29) is 5.97 Å².